The summed E-state index contributed by atoms with van der Waals surface area (Å²) in [5, 5.41) is 0. The Balaban J connectivity index is 2.43. The first-order valence-corrected chi connectivity index (χ1v) is 6.04. The van der Waals surface area contributed by atoms with E-state index in [0.29, 0.717) is 0 Å². The smallest absolute Gasteiger partial charge is 0.273 e. The van der Waals surface area contributed by atoms with Crippen LogP contribution in [0.15, 0.2) is 24.3 Å². The summed E-state index contributed by atoms with van der Waals surface area (Å²) >= 11 is 5.07. The van der Waals surface area contributed by atoms with Crippen molar-refractivity contribution in [2.24, 2.45) is 0 Å². The van der Waals surface area contributed by atoms with Gasteiger partial charge in [-0.3, -0.25) is 4.79 Å². The molecule has 0 spiro atoms. The number of hydrogen-bond donors (Lipinski definition) is 0. The van der Waals surface area contributed by atoms with Gasteiger partial charge in [0.05, 0.1) is 6.54 Å². The van der Waals surface area contributed by atoms with Crippen LogP contribution in [-0.2, 0) is 4.79 Å². The molecule has 104 valence electrons. The van der Waals surface area contributed by atoms with E-state index in [1.807, 2.05) is 0 Å². The molecule has 0 N–H and O–H groups in total. The second kappa shape index (κ2) is 5.69. The molecule has 0 saturated carbocycles. The maximum atomic E-state index is 13.2. The van der Waals surface area contributed by atoms with E-state index in [2.05, 4.69) is 0 Å². The van der Waals surface area contributed by atoms with E-state index < -0.39 is 24.0 Å². The largest absolute Gasteiger partial charge is 0.491 e. The first-order chi connectivity index (χ1) is 9.02. The molecule has 1 aromatic rings. The number of para-hydroxylation sites is 1. The van der Waals surface area contributed by atoms with E-state index >= 15 is 0 Å². The highest BCUT2D eigenvalue weighted by Crippen LogP contribution is 2.36. The summed E-state index contributed by atoms with van der Waals surface area (Å²) in [7, 11) is 0. The lowest BCUT2D eigenvalue weighted by atomic mass is 10.0. The molecule has 3 nitrogen and oxygen atoms in total. The van der Waals surface area contributed by atoms with Gasteiger partial charge in [0.15, 0.2) is 0 Å². The van der Waals surface area contributed by atoms with Crippen molar-refractivity contribution < 1.29 is 22.7 Å². The Bertz CT molecular complexity index is 470. The third kappa shape index (κ3) is 2.78. The Morgan fingerprint density at radius 1 is 1.37 bits per heavy atom. The predicted molar refractivity (Wildman–Crippen MR) is 63.1 cm³/mol. The van der Waals surface area contributed by atoms with E-state index in [1.165, 1.54) is 12.1 Å². The van der Waals surface area contributed by atoms with Crippen molar-refractivity contribution in [2.45, 2.75) is 18.1 Å². The number of fused-ring (bicyclic) bond motifs is 1. The highest BCUT2D eigenvalue weighted by molar-refractivity contribution is 6.29. The monoisotopic (exact) mass is 293 g/mol. The van der Waals surface area contributed by atoms with Crippen molar-refractivity contribution in [1.82, 2.24) is 4.90 Å². The minimum Gasteiger partial charge on any atom is -0.491 e. The molecule has 1 amide bonds. The van der Waals surface area contributed by atoms with Gasteiger partial charge in [0, 0.05) is 5.56 Å². The molecule has 0 aliphatic carbocycles. The first-order valence-electron chi connectivity index (χ1n) is 5.61. The van der Waals surface area contributed by atoms with Gasteiger partial charge in [-0.05, 0) is 6.07 Å². The molecular weight excluding hydrogens is 283 g/mol. The summed E-state index contributed by atoms with van der Waals surface area (Å²) in [5.74, 6) is -0.902. The van der Waals surface area contributed by atoms with Gasteiger partial charge in [-0.15, -0.1) is 0 Å². The van der Waals surface area contributed by atoms with E-state index in [9.17, 15) is 18.0 Å². The molecule has 1 heterocycles. The lowest BCUT2D eigenvalue weighted by Gasteiger charge is -2.29. The Morgan fingerprint density at radius 2 is 2.05 bits per heavy atom. The number of amides is 1. The van der Waals surface area contributed by atoms with Crippen LogP contribution in [-0.4, -0.2) is 36.0 Å². The Labute approximate surface area is 112 Å². The molecule has 19 heavy (non-hydrogen) atoms. The van der Waals surface area contributed by atoms with Gasteiger partial charge >= 0.3 is 0 Å². The Hall–Kier alpha value is -1.43. The zero-order valence-electron chi connectivity index (χ0n) is 9.73. The van der Waals surface area contributed by atoms with Crippen LogP contribution in [0, 0.1) is 0 Å². The maximum Gasteiger partial charge on any atom is 0.273 e. The fourth-order valence-corrected chi connectivity index (χ4v) is 2.19. The van der Waals surface area contributed by atoms with Crippen LogP contribution in [0.25, 0.3) is 0 Å². The van der Waals surface area contributed by atoms with Gasteiger partial charge in [0.1, 0.15) is 18.4 Å². The third-order valence-electron chi connectivity index (χ3n) is 2.87. The number of alkyl halides is 4. The van der Waals surface area contributed by atoms with Gasteiger partial charge < -0.3 is 9.64 Å². The van der Waals surface area contributed by atoms with Gasteiger partial charge in [0.2, 0.25) is 0 Å². The average molecular weight is 294 g/mol. The van der Waals surface area contributed by atoms with Crippen molar-refractivity contribution in [1.29, 1.82) is 0 Å². The van der Waals surface area contributed by atoms with Crippen molar-refractivity contribution >= 4 is 17.5 Å². The minimum absolute atomic E-state index is 0.00951. The van der Waals surface area contributed by atoms with Crippen LogP contribution in [0.3, 0.4) is 0 Å². The van der Waals surface area contributed by atoms with Crippen molar-refractivity contribution in [2.75, 3.05) is 13.2 Å². The van der Waals surface area contributed by atoms with Crippen molar-refractivity contribution in [3.63, 3.8) is 0 Å². The number of benzene rings is 1. The van der Waals surface area contributed by atoms with E-state index in [1.54, 1.807) is 12.1 Å². The number of halogens is 4. The first kappa shape index (κ1) is 14.0. The van der Waals surface area contributed by atoms with Crippen LogP contribution in [0.4, 0.5) is 13.2 Å². The number of carbonyl (C=O) groups is 1. The zero-order valence-corrected chi connectivity index (χ0v) is 10.5. The molecule has 1 aliphatic heterocycles. The third-order valence-corrected chi connectivity index (χ3v) is 3.06. The quantitative estimate of drug-likeness (QED) is 0.785. The molecule has 1 aliphatic rings. The molecule has 0 bridgehead atoms. The highest BCUT2D eigenvalue weighted by atomic mass is 35.5. The SMILES string of the molecule is O=C(C(F)Cl)N1CCOc2ccccc2C1C(F)F. The standard InChI is InChI=1S/C12H11ClF3NO2/c13-10(14)12(18)17-5-6-19-8-4-2-1-3-7(8)9(17)11(15)16/h1-4,9-11H,5-6H2. The Morgan fingerprint density at radius 3 is 2.68 bits per heavy atom. The number of nitrogens with zero attached hydrogens (tertiary/aromatic N) is 1. The van der Waals surface area contributed by atoms with Crippen LogP contribution >= 0.6 is 11.6 Å². The molecule has 2 unspecified atom stereocenters. The predicted octanol–water partition coefficient (Wildman–Crippen LogP) is 2.75. The molecule has 2 atom stereocenters. The molecule has 0 radical (unpaired) electrons. The lowest BCUT2D eigenvalue weighted by Crippen LogP contribution is -2.42. The molecule has 0 fully saturated rings. The fraction of sp³-hybridized carbons (Fsp3) is 0.417. The van der Waals surface area contributed by atoms with Gasteiger partial charge in [-0.2, -0.15) is 0 Å². The molecular formula is C12H11ClF3NO2. The lowest BCUT2D eigenvalue weighted by molar-refractivity contribution is -0.140. The average Bonchev–Trinajstić information content (AvgIpc) is 2.56. The summed E-state index contributed by atoms with van der Waals surface area (Å²) in [6.45, 7) is -0.134. The molecule has 7 heteroatoms. The molecule has 2 rings (SSSR count). The summed E-state index contributed by atoms with van der Waals surface area (Å²) in [6, 6.07) is 4.60. The molecule has 1 aromatic carbocycles. The molecule has 0 aromatic heterocycles. The zero-order chi connectivity index (χ0) is 14.0. The second-order valence-electron chi connectivity index (χ2n) is 4.00. The van der Waals surface area contributed by atoms with Crippen LogP contribution in [0.1, 0.15) is 11.6 Å². The maximum absolute atomic E-state index is 13.2. The fourth-order valence-electron chi connectivity index (χ4n) is 2.06. The number of rotatable bonds is 2. The number of hydrogen-bond acceptors (Lipinski definition) is 2. The number of carbonyl (C=O) groups excluding carboxylic acids is 1. The van der Waals surface area contributed by atoms with Gasteiger partial charge in [-0.25, -0.2) is 13.2 Å². The normalized spacial score (nSPS) is 20.5. The van der Waals surface area contributed by atoms with Crippen LogP contribution in [0.5, 0.6) is 5.75 Å². The minimum atomic E-state index is -2.86. The summed E-state index contributed by atoms with van der Waals surface area (Å²) in [4.78, 5) is 12.3. The highest BCUT2D eigenvalue weighted by Gasteiger charge is 2.38. The molecule has 0 saturated heterocycles. The summed E-state index contributed by atoms with van der Waals surface area (Å²) in [5.41, 5.74) is -2.19. The summed E-state index contributed by atoms with van der Waals surface area (Å²) < 4.78 is 44.7. The topological polar surface area (TPSA) is 29.5 Å². The van der Waals surface area contributed by atoms with Gasteiger partial charge in [-0.1, -0.05) is 29.8 Å². The van der Waals surface area contributed by atoms with Gasteiger partial charge in [0.25, 0.3) is 18.0 Å². The Kier molecular flexibility index (Phi) is 4.19. The van der Waals surface area contributed by atoms with E-state index in [4.69, 9.17) is 16.3 Å². The van der Waals surface area contributed by atoms with E-state index in [-0.39, 0.29) is 24.5 Å². The van der Waals surface area contributed by atoms with Crippen LogP contribution in [0.2, 0.25) is 0 Å². The number of ether oxygens (including phenoxy) is 1. The summed E-state index contributed by atoms with van der Waals surface area (Å²) in [6.07, 6.45) is -2.86. The van der Waals surface area contributed by atoms with Crippen molar-refractivity contribution in [3.8, 4) is 5.75 Å². The van der Waals surface area contributed by atoms with Crippen molar-refractivity contribution in [3.05, 3.63) is 29.8 Å². The van der Waals surface area contributed by atoms with E-state index in [0.717, 1.165) is 4.90 Å². The van der Waals surface area contributed by atoms with Crippen LogP contribution < -0.4 is 4.74 Å². The second-order valence-corrected chi connectivity index (χ2v) is 4.38.